The molecule has 0 radical (unpaired) electrons. The molecule has 9 aromatic carbocycles. The van der Waals surface area contributed by atoms with Crippen LogP contribution >= 0.6 is 0 Å². The Balaban J connectivity index is 0.926. The van der Waals surface area contributed by atoms with E-state index >= 15 is 0 Å². The zero-order valence-corrected chi connectivity index (χ0v) is 35.1. The van der Waals surface area contributed by atoms with Crippen molar-refractivity contribution in [3.8, 4) is 44.8 Å². The zero-order chi connectivity index (χ0) is 41.5. The van der Waals surface area contributed by atoms with Crippen LogP contribution in [0.3, 0.4) is 0 Å². The highest BCUT2D eigenvalue weighted by Gasteiger charge is 2.36. The molecule has 0 spiro atoms. The predicted octanol–water partition coefficient (Wildman–Crippen LogP) is 16.1. The molecule has 1 aliphatic rings. The molecule has 2 aromatic heterocycles. The number of fused-ring (bicyclic) bond motifs is 10. The maximum Gasteiger partial charge on any atom is 0.0541 e. The van der Waals surface area contributed by atoms with E-state index in [2.05, 4.69) is 242 Å². The van der Waals surface area contributed by atoms with E-state index in [4.69, 9.17) is 0 Å². The molecular formula is C60H44N2. The van der Waals surface area contributed by atoms with E-state index in [1.807, 2.05) is 0 Å². The number of rotatable bonds is 4. The van der Waals surface area contributed by atoms with Crippen LogP contribution in [-0.4, -0.2) is 9.13 Å². The van der Waals surface area contributed by atoms with Crippen molar-refractivity contribution in [1.82, 2.24) is 9.13 Å². The molecule has 11 aromatic rings. The van der Waals surface area contributed by atoms with Gasteiger partial charge in [0.2, 0.25) is 0 Å². The first kappa shape index (κ1) is 36.2. The van der Waals surface area contributed by atoms with Gasteiger partial charge in [-0.25, -0.2) is 0 Å². The minimum Gasteiger partial charge on any atom is -0.309 e. The van der Waals surface area contributed by atoms with Gasteiger partial charge in [-0.1, -0.05) is 159 Å². The molecule has 62 heavy (non-hydrogen) atoms. The van der Waals surface area contributed by atoms with E-state index in [0.29, 0.717) is 0 Å². The minimum absolute atomic E-state index is 0.170. The quantitative estimate of drug-likeness (QED) is 0.168. The highest BCUT2D eigenvalue weighted by molar-refractivity contribution is 6.12. The average Bonchev–Trinajstić information content (AvgIpc) is 3.90. The van der Waals surface area contributed by atoms with Crippen LogP contribution in [0.2, 0.25) is 0 Å². The van der Waals surface area contributed by atoms with Gasteiger partial charge in [-0.15, -0.1) is 0 Å². The van der Waals surface area contributed by atoms with E-state index in [9.17, 15) is 0 Å². The summed E-state index contributed by atoms with van der Waals surface area (Å²) < 4.78 is 4.81. The predicted molar refractivity (Wildman–Crippen MR) is 263 cm³/mol. The summed E-state index contributed by atoms with van der Waals surface area (Å²) in [6.07, 6.45) is 0. The van der Waals surface area contributed by atoms with Gasteiger partial charge in [-0.3, -0.25) is 0 Å². The molecule has 2 heteroatoms. The monoisotopic (exact) mass is 792 g/mol. The Bertz CT molecular complexity index is 3690. The van der Waals surface area contributed by atoms with Gasteiger partial charge in [0.15, 0.2) is 0 Å². The van der Waals surface area contributed by atoms with Gasteiger partial charge >= 0.3 is 0 Å². The summed E-state index contributed by atoms with van der Waals surface area (Å²) in [5, 5.41) is 7.55. The number of hydrogen-bond acceptors (Lipinski definition) is 0. The van der Waals surface area contributed by atoms with E-state index in [1.54, 1.807) is 0 Å². The van der Waals surface area contributed by atoms with Gasteiger partial charge in [-0.2, -0.15) is 0 Å². The van der Waals surface area contributed by atoms with Crippen LogP contribution in [0.5, 0.6) is 0 Å². The van der Waals surface area contributed by atoms with Gasteiger partial charge in [0, 0.05) is 38.3 Å². The third-order valence-electron chi connectivity index (χ3n) is 13.4. The van der Waals surface area contributed by atoms with Crippen LogP contribution in [0, 0.1) is 6.92 Å². The second-order valence-corrected chi connectivity index (χ2v) is 17.5. The Kier molecular flexibility index (Phi) is 8.14. The van der Waals surface area contributed by atoms with Gasteiger partial charge in [0.1, 0.15) is 0 Å². The average molecular weight is 793 g/mol. The first-order valence-corrected chi connectivity index (χ1v) is 21.7. The van der Waals surface area contributed by atoms with Gasteiger partial charge < -0.3 is 9.13 Å². The summed E-state index contributed by atoms with van der Waals surface area (Å²) in [6, 6.07) is 78.4. The summed E-state index contributed by atoms with van der Waals surface area (Å²) in [7, 11) is 0. The van der Waals surface area contributed by atoms with Gasteiger partial charge in [0.05, 0.1) is 22.1 Å². The number of hydrogen-bond donors (Lipinski definition) is 0. The highest BCUT2D eigenvalue weighted by atomic mass is 15.0. The molecule has 0 amide bonds. The summed E-state index contributed by atoms with van der Waals surface area (Å²) in [6.45, 7) is 6.93. The fraction of sp³-hybridized carbons (Fsp3) is 0.0667. The lowest BCUT2D eigenvalue weighted by molar-refractivity contribution is 0.661. The normalized spacial score (nSPS) is 12.9. The molecule has 0 saturated heterocycles. The van der Waals surface area contributed by atoms with Crippen LogP contribution in [0.4, 0.5) is 0 Å². The Hall–Kier alpha value is -7.68. The lowest BCUT2D eigenvalue weighted by atomic mass is 9.80. The lowest BCUT2D eigenvalue weighted by Crippen LogP contribution is -2.15. The van der Waals surface area contributed by atoms with Crippen molar-refractivity contribution >= 4 is 54.4 Å². The number of benzene rings is 8. The third kappa shape index (κ3) is 5.64. The lowest BCUT2D eigenvalue weighted by Gasteiger charge is -2.22. The number of aryl methyl sites for hydroxylation is 1. The van der Waals surface area contributed by atoms with Crippen molar-refractivity contribution in [2.45, 2.75) is 26.2 Å². The molecule has 0 atom stereocenters. The van der Waals surface area contributed by atoms with Crippen molar-refractivity contribution in [2.24, 2.45) is 0 Å². The van der Waals surface area contributed by atoms with Crippen LogP contribution in [-0.2, 0) is 5.41 Å². The van der Waals surface area contributed by atoms with Crippen molar-refractivity contribution in [3.63, 3.8) is 0 Å². The molecule has 0 N–H and O–H groups in total. The Labute approximate surface area is 361 Å². The maximum absolute atomic E-state index is 2.45. The van der Waals surface area contributed by atoms with Crippen LogP contribution < -0.4 is 0 Å². The summed E-state index contributed by atoms with van der Waals surface area (Å²) in [5.41, 5.74) is 18.6. The van der Waals surface area contributed by atoms with Crippen molar-refractivity contribution < 1.29 is 0 Å². The number of aromatic nitrogens is 2. The topological polar surface area (TPSA) is 9.86 Å². The molecule has 294 valence electrons. The smallest absolute Gasteiger partial charge is 0.0541 e. The molecule has 1 aliphatic carbocycles. The third-order valence-corrected chi connectivity index (χ3v) is 13.4. The second kappa shape index (κ2) is 13.9. The minimum atomic E-state index is -0.170. The molecule has 2 heterocycles. The van der Waals surface area contributed by atoms with Crippen molar-refractivity contribution in [2.75, 3.05) is 0 Å². The largest absolute Gasteiger partial charge is 0.309 e. The van der Waals surface area contributed by atoms with Gasteiger partial charge in [-0.05, 0) is 135 Å². The molecule has 12 rings (SSSR count). The van der Waals surface area contributed by atoms with Crippen LogP contribution in [0.15, 0.2) is 212 Å². The zero-order valence-electron chi connectivity index (χ0n) is 35.1. The van der Waals surface area contributed by atoms with Gasteiger partial charge in [0.25, 0.3) is 0 Å². The standard InChI is InChI=1S/C60H44N2/c1-39-14-6-4-5-7-17-46(28-22-39)61-56-20-12-10-18-50(56)52-35-42(26-32-58(52)61)44-24-30-48-49-31-25-45(38-55(49)60(2,3)54(48)37-44)43-27-33-59-53(36-43)51-19-11-13-21-57(51)62(59)47-29-23-40-15-8-9-16-41(40)34-47/h4-38H,1-3H3. The fourth-order valence-electron chi connectivity index (χ4n) is 10.2. The molecule has 0 bridgehead atoms. The first-order chi connectivity index (χ1) is 30.4. The SMILES string of the molecule is Cc1ccccccc(-n2c3ccccc3c3cc(-c4ccc5c(c4)C(C)(C)c4cc(-c6ccc7c(c6)c6ccccc6n7-c6ccc7ccccc7c6)ccc4-5)ccc32)cc1. The molecule has 0 aliphatic heterocycles. The van der Waals surface area contributed by atoms with Crippen LogP contribution in [0.25, 0.3) is 99.1 Å². The first-order valence-electron chi connectivity index (χ1n) is 21.7. The summed E-state index contributed by atoms with van der Waals surface area (Å²) >= 11 is 0. The van der Waals surface area contributed by atoms with E-state index in [-0.39, 0.29) is 5.41 Å². The summed E-state index contributed by atoms with van der Waals surface area (Å²) in [5.74, 6) is 0. The molecule has 2 nitrogen and oxygen atoms in total. The molecule has 0 fully saturated rings. The van der Waals surface area contributed by atoms with Crippen molar-refractivity contribution in [3.05, 3.63) is 229 Å². The Morgan fingerprint density at radius 3 is 1.42 bits per heavy atom. The number of para-hydroxylation sites is 2. The summed E-state index contributed by atoms with van der Waals surface area (Å²) in [4.78, 5) is 0. The van der Waals surface area contributed by atoms with Crippen molar-refractivity contribution in [1.29, 1.82) is 0 Å². The van der Waals surface area contributed by atoms with Crippen LogP contribution in [0.1, 0.15) is 30.5 Å². The van der Waals surface area contributed by atoms with E-state index < -0.39 is 0 Å². The fourth-order valence-corrected chi connectivity index (χ4v) is 10.2. The Morgan fingerprint density at radius 2 is 0.790 bits per heavy atom. The van der Waals surface area contributed by atoms with E-state index in [0.717, 1.165) is 5.69 Å². The molecule has 0 saturated carbocycles. The number of nitrogens with zero attached hydrogens (tertiary/aromatic N) is 2. The Morgan fingerprint density at radius 1 is 0.323 bits per heavy atom. The second-order valence-electron chi connectivity index (χ2n) is 17.5. The maximum atomic E-state index is 2.45. The molecular weight excluding hydrogens is 749 g/mol. The van der Waals surface area contributed by atoms with E-state index in [1.165, 1.54) is 110 Å². The molecule has 0 unspecified atom stereocenters. The highest BCUT2D eigenvalue weighted by Crippen LogP contribution is 2.51.